The summed E-state index contributed by atoms with van der Waals surface area (Å²) in [5.74, 6) is 0. The standard InChI is InChI=1S/C13H26N4O2S/c1-6-11(7-2)17(5)20(18,19)13-12(9-14-8-3)10(4)15-16-13/h11,14H,6-9H2,1-5H3,(H,15,16). The van der Waals surface area contributed by atoms with Crippen LogP contribution in [0.5, 0.6) is 0 Å². The lowest BCUT2D eigenvalue weighted by Crippen LogP contribution is -2.37. The Kier molecular flexibility index (Phi) is 6.16. The van der Waals surface area contributed by atoms with E-state index in [0.29, 0.717) is 6.54 Å². The zero-order valence-corrected chi connectivity index (χ0v) is 13.8. The Balaban J connectivity index is 3.15. The average Bonchev–Trinajstić information content (AvgIpc) is 2.79. The van der Waals surface area contributed by atoms with Crippen LogP contribution in [0.25, 0.3) is 0 Å². The van der Waals surface area contributed by atoms with Gasteiger partial charge in [0.2, 0.25) is 0 Å². The van der Waals surface area contributed by atoms with Crippen molar-refractivity contribution in [3.63, 3.8) is 0 Å². The van der Waals surface area contributed by atoms with Crippen LogP contribution in [0.3, 0.4) is 0 Å². The van der Waals surface area contributed by atoms with Crippen molar-refractivity contribution in [1.29, 1.82) is 0 Å². The van der Waals surface area contributed by atoms with E-state index in [0.717, 1.165) is 30.6 Å². The van der Waals surface area contributed by atoms with Crippen molar-refractivity contribution < 1.29 is 8.42 Å². The Morgan fingerprint density at radius 1 is 1.30 bits per heavy atom. The first-order valence-corrected chi connectivity index (χ1v) is 8.56. The maximum atomic E-state index is 12.7. The monoisotopic (exact) mass is 302 g/mol. The molecule has 20 heavy (non-hydrogen) atoms. The summed E-state index contributed by atoms with van der Waals surface area (Å²) >= 11 is 0. The summed E-state index contributed by atoms with van der Waals surface area (Å²) in [6.45, 7) is 9.11. The molecule has 0 unspecified atom stereocenters. The highest BCUT2D eigenvalue weighted by molar-refractivity contribution is 7.89. The third-order valence-corrected chi connectivity index (χ3v) is 5.55. The fourth-order valence-corrected chi connectivity index (χ4v) is 3.90. The number of aryl methyl sites for hydroxylation is 1. The van der Waals surface area contributed by atoms with Gasteiger partial charge in [-0.3, -0.25) is 5.10 Å². The van der Waals surface area contributed by atoms with Crippen LogP contribution in [0, 0.1) is 6.92 Å². The summed E-state index contributed by atoms with van der Waals surface area (Å²) < 4.78 is 26.9. The van der Waals surface area contributed by atoms with E-state index in [2.05, 4.69) is 15.5 Å². The van der Waals surface area contributed by atoms with E-state index in [1.165, 1.54) is 4.31 Å². The van der Waals surface area contributed by atoms with Crippen molar-refractivity contribution in [1.82, 2.24) is 19.8 Å². The van der Waals surface area contributed by atoms with Gasteiger partial charge in [0.25, 0.3) is 10.0 Å². The zero-order chi connectivity index (χ0) is 15.3. The Morgan fingerprint density at radius 3 is 2.40 bits per heavy atom. The van der Waals surface area contributed by atoms with Gasteiger partial charge in [-0.15, -0.1) is 0 Å². The van der Waals surface area contributed by atoms with E-state index >= 15 is 0 Å². The van der Waals surface area contributed by atoms with Crippen molar-refractivity contribution in [3.8, 4) is 0 Å². The Labute approximate surface area is 122 Å². The first kappa shape index (κ1) is 17.1. The van der Waals surface area contributed by atoms with Gasteiger partial charge in [-0.1, -0.05) is 20.8 Å². The second-order valence-electron chi connectivity index (χ2n) is 4.90. The van der Waals surface area contributed by atoms with Crippen LogP contribution >= 0.6 is 0 Å². The Bertz CT molecular complexity index is 520. The second-order valence-corrected chi connectivity index (χ2v) is 6.82. The van der Waals surface area contributed by atoms with Gasteiger partial charge < -0.3 is 5.32 Å². The number of sulfonamides is 1. The van der Waals surface area contributed by atoms with Crippen molar-refractivity contribution in [3.05, 3.63) is 11.3 Å². The second kappa shape index (κ2) is 7.19. The largest absolute Gasteiger partial charge is 0.313 e. The summed E-state index contributed by atoms with van der Waals surface area (Å²) in [5.41, 5.74) is 1.52. The van der Waals surface area contributed by atoms with Gasteiger partial charge in [-0.25, -0.2) is 8.42 Å². The molecule has 0 fully saturated rings. The molecule has 1 heterocycles. The molecule has 0 aliphatic heterocycles. The van der Waals surface area contributed by atoms with Gasteiger partial charge in [-0.05, 0) is 26.3 Å². The van der Waals surface area contributed by atoms with Crippen molar-refractivity contribution in [2.45, 2.75) is 58.1 Å². The maximum Gasteiger partial charge on any atom is 0.262 e. The summed E-state index contributed by atoms with van der Waals surface area (Å²) in [7, 11) is -1.92. The Hall–Kier alpha value is -0.920. The molecular weight excluding hydrogens is 276 g/mol. The van der Waals surface area contributed by atoms with Crippen molar-refractivity contribution >= 4 is 10.0 Å². The zero-order valence-electron chi connectivity index (χ0n) is 13.0. The molecule has 0 radical (unpaired) electrons. The third kappa shape index (κ3) is 3.39. The molecule has 1 aromatic heterocycles. The Morgan fingerprint density at radius 2 is 1.90 bits per heavy atom. The molecule has 0 spiro atoms. The molecule has 1 rings (SSSR count). The smallest absolute Gasteiger partial charge is 0.262 e. The lowest BCUT2D eigenvalue weighted by Gasteiger charge is -2.25. The molecule has 0 amide bonds. The van der Waals surface area contributed by atoms with Gasteiger partial charge in [0.15, 0.2) is 5.03 Å². The van der Waals surface area contributed by atoms with Crippen LogP contribution in [0.2, 0.25) is 0 Å². The summed E-state index contributed by atoms with van der Waals surface area (Å²) in [4.78, 5) is 0. The van der Waals surface area contributed by atoms with Crippen LogP contribution in [-0.2, 0) is 16.6 Å². The number of hydrogen-bond acceptors (Lipinski definition) is 4. The lowest BCUT2D eigenvalue weighted by molar-refractivity contribution is 0.348. The average molecular weight is 302 g/mol. The number of H-pyrrole nitrogens is 1. The van der Waals surface area contributed by atoms with Crippen LogP contribution < -0.4 is 5.32 Å². The van der Waals surface area contributed by atoms with Gasteiger partial charge in [0, 0.05) is 30.9 Å². The van der Waals surface area contributed by atoms with Gasteiger partial charge >= 0.3 is 0 Å². The van der Waals surface area contributed by atoms with Crippen LogP contribution in [0.1, 0.15) is 44.9 Å². The first-order valence-electron chi connectivity index (χ1n) is 7.12. The minimum atomic E-state index is -3.55. The van der Waals surface area contributed by atoms with E-state index in [9.17, 15) is 8.42 Å². The molecule has 7 heteroatoms. The molecule has 0 bridgehead atoms. The highest BCUT2D eigenvalue weighted by atomic mass is 32.2. The molecule has 0 saturated carbocycles. The van der Waals surface area contributed by atoms with Crippen LogP contribution in [0.4, 0.5) is 0 Å². The minimum absolute atomic E-state index is 0.00369. The molecule has 1 aromatic rings. The number of nitrogens with zero attached hydrogens (tertiary/aromatic N) is 2. The van der Waals surface area contributed by atoms with Crippen LogP contribution in [-0.4, -0.2) is 42.6 Å². The number of aromatic amines is 1. The summed E-state index contributed by atoms with van der Waals surface area (Å²) in [5, 5.41) is 10.1. The minimum Gasteiger partial charge on any atom is -0.313 e. The topological polar surface area (TPSA) is 78.1 Å². The lowest BCUT2D eigenvalue weighted by atomic mass is 10.2. The normalized spacial score (nSPS) is 12.6. The molecular formula is C13H26N4O2S. The molecule has 116 valence electrons. The fraction of sp³-hybridized carbons (Fsp3) is 0.769. The molecule has 0 atom stereocenters. The van der Waals surface area contributed by atoms with Crippen molar-refractivity contribution in [2.75, 3.05) is 13.6 Å². The van der Waals surface area contributed by atoms with Gasteiger partial charge in [0.05, 0.1) is 0 Å². The predicted molar refractivity (Wildman–Crippen MR) is 80.0 cm³/mol. The molecule has 0 saturated heterocycles. The summed E-state index contributed by atoms with van der Waals surface area (Å²) in [6, 6.07) is 0.00369. The number of nitrogens with one attached hydrogen (secondary N) is 2. The summed E-state index contributed by atoms with van der Waals surface area (Å²) in [6.07, 6.45) is 1.58. The molecule has 0 aliphatic rings. The van der Waals surface area contributed by atoms with E-state index < -0.39 is 10.0 Å². The molecule has 2 N–H and O–H groups in total. The van der Waals surface area contributed by atoms with Gasteiger partial charge in [0.1, 0.15) is 0 Å². The third-order valence-electron chi connectivity index (χ3n) is 3.67. The van der Waals surface area contributed by atoms with E-state index in [4.69, 9.17) is 0 Å². The quantitative estimate of drug-likeness (QED) is 0.765. The van der Waals surface area contributed by atoms with E-state index in [-0.39, 0.29) is 11.1 Å². The highest BCUT2D eigenvalue weighted by Gasteiger charge is 2.31. The number of hydrogen-bond donors (Lipinski definition) is 2. The van der Waals surface area contributed by atoms with E-state index in [1.54, 1.807) is 7.05 Å². The SMILES string of the molecule is CCNCc1c(S(=O)(=O)N(C)C(CC)CC)n[nH]c1C. The van der Waals surface area contributed by atoms with Crippen molar-refractivity contribution in [2.24, 2.45) is 0 Å². The highest BCUT2D eigenvalue weighted by Crippen LogP contribution is 2.22. The van der Waals surface area contributed by atoms with E-state index in [1.807, 2.05) is 27.7 Å². The number of rotatable bonds is 8. The number of aromatic nitrogens is 2. The first-order chi connectivity index (χ1) is 9.39. The van der Waals surface area contributed by atoms with Gasteiger partial charge in [-0.2, -0.15) is 9.40 Å². The predicted octanol–water partition coefficient (Wildman–Crippen LogP) is 1.64. The maximum absolute atomic E-state index is 12.7. The fourth-order valence-electron chi connectivity index (χ4n) is 2.24. The molecule has 6 nitrogen and oxygen atoms in total. The molecule has 0 aromatic carbocycles. The molecule has 0 aliphatic carbocycles. The van der Waals surface area contributed by atoms with Crippen LogP contribution in [0.15, 0.2) is 5.03 Å².